The van der Waals surface area contributed by atoms with Gasteiger partial charge in [0.25, 0.3) is 0 Å². The van der Waals surface area contributed by atoms with E-state index in [9.17, 15) is 0 Å². The van der Waals surface area contributed by atoms with Gasteiger partial charge < -0.3 is 14.8 Å². The van der Waals surface area contributed by atoms with Crippen molar-refractivity contribution in [2.45, 2.75) is 27.0 Å². The SMILES string of the molecule is COc1cc(CNc2cc(Cl)ccc2C)cc(I)c1OCc1ccc(C)cc1. The molecule has 3 aromatic carbocycles. The topological polar surface area (TPSA) is 30.5 Å². The molecule has 0 saturated heterocycles. The molecule has 0 aromatic heterocycles. The lowest BCUT2D eigenvalue weighted by Crippen LogP contribution is -2.04. The van der Waals surface area contributed by atoms with Crippen LogP contribution in [0, 0.1) is 17.4 Å². The molecule has 0 radical (unpaired) electrons. The van der Waals surface area contributed by atoms with Crippen LogP contribution < -0.4 is 14.8 Å². The molecule has 5 heteroatoms. The summed E-state index contributed by atoms with van der Waals surface area (Å²) in [5.41, 5.74) is 5.67. The molecule has 0 atom stereocenters. The Balaban J connectivity index is 1.73. The van der Waals surface area contributed by atoms with Crippen molar-refractivity contribution < 1.29 is 9.47 Å². The Morgan fingerprint density at radius 3 is 2.43 bits per heavy atom. The van der Waals surface area contributed by atoms with E-state index in [1.54, 1.807) is 7.11 Å². The van der Waals surface area contributed by atoms with Crippen molar-refractivity contribution in [2.75, 3.05) is 12.4 Å². The van der Waals surface area contributed by atoms with Crippen molar-refractivity contribution in [2.24, 2.45) is 0 Å². The Hall–Kier alpha value is -1.92. The first-order valence-electron chi connectivity index (χ1n) is 9.01. The maximum absolute atomic E-state index is 6.11. The van der Waals surface area contributed by atoms with Crippen molar-refractivity contribution in [3.8, 4) is 11.5 Å². The van der Waals surface area contributed by atoms with Gasteiger partial charge in [-0.1, -0.05) is 47.5 Å². The van der Waals surface area contributed by atoms with Crippen molar-refractivity contribution in [1.82, 2.24) is 0 Å². The van der Waals surface area contributed by atoms with E-state index in [1.165, 1.54) is 5.56 Å². The molecule has 1 N–H and O–H groups in total. The average Bonchev–Trinajstić information content (AvgIpc) is 2.68. The average molecular weight is 508 g/mol. The third-order valence-electron chi connectivity index (χ3n) is 4.48. The number of hydrogen-bond donors (Lipinski definition) is 1. The highest BCUT2D eigenvalue weighted by molar-refractivity contribution is 14.1. The molecule has 0 spiro atoms. The van der Waals surface area contributed by atoms with Crippen LogP contribution >= 0.6 is 34.2 Å². The predicted molar refractivity (Wildman–Crippen MR) is 125 cm³/mol. The molecule has 0 aliphatic carbocycles. The summed E-state index contributed by atoms with van der Waals surface area (Å²) in [7, 11) is 1.67. The van der Waals surface area contributed by atoms with Crippen molar-refractivity contribution in [1.29, 1.82) is 0 Å². The van der Waals surface area contributed by atoms with Gasteiger partial charge in [-0.05, 0) is 77.4 Å². The second-order valence-electron chi connectivity index (χ2n) is 6.70. The second kappa shape index (κ2) is 9.52. The molecule has 0 aliphatic heterocycles. The lowest BCUT2D eigenvalue weighted by atomic mass is 10.1. The number of benzene rings is 3. The van der Waals surface area contributed by atoms with Crippen molar-refractivity contribution >= 4 is 39.9 Å². The largest absolute Gasteiger partial charge is 0.493 e. The van der Waals surface area contributed by atoms with Crippen molar-refractivity contribution in [3.05, 3.63) is 85.4 Å². The first-order valence-corrected chi connectivity index (χ1v) is 10.5. The van der Waals surface area contributed by atoms with E-state index in [0.29, 0.717) is 13.2 Å². The van der Waals surface area contributed by atoms with Gasteiger partial charge in [-0.15, -0.1) is 0 Å². The maximum Gasteiger partial charge on any atom is 0.174 e. The van der Waals surface area contributed by atoms with Crippen LogP contribution in [-0.4, -0.2) is 7.11 Å². The Morgan fingerprint density at radius 2 is 1.71 bits per heavy atom. The van der Waals surface area contributed by atoms with Crippen LogP contribution in [0.15, 0.2) is 54.6 Å². The summed E-state index contributed by atoms with van der Waals surface area (Å²) < 4.78 is 12.7. The fraction of sp³-hybridized carbons (Fsp3) is 0.217. The molecule has 3 rings (SSSR count). The lowest BCUT2D eigenvalue weighted by Gasteiger charge is -2.16. The Morgan fingerprint density at radius 1 is 0.964 bits per heavy atom. The summed E-state index contributed by atoms with van der Waals surface area (Å²) in [6, 6.07) is 18.3. The van der Waals surface area contributed by atoms with Crippen LogP contribution in [0.2, 0.25) is 5.02 Å². The molecular formula is C23H23ClINO2. The van der Waals surface area contributed by atoms with Gasteiger partial charge in [0, 0.05) is 17.3 Å². The third-order valence-corrected chi connectivity index (χ3v) is 5.51. The third kappa shape index (κ3) is 5.32. The van der Waals surface area contributed by atoms with Gasteiger partial charge in [0.15, 0.2) is 11.5 Å². The summed E-state index contributed by atoms with van der Waals surface area (Å²) in [5.74, 6) is 1.50. The highest BCUT2D eigenvalue weighted by atomic mass is 127. The number of rotatable bonds is 7. The summed E-state index contributed by atoms with van der Waals surface area (Å²) in [6.45, 7) is 5.32. The summed E-state index contributed by atoms with van der Waals surface area (Å²) in [4.78, 5) is 0. The van der Waals surface area contributed by atoms with E-state index < -0.39 is 0 Å². The molecule has 0 heterocycles. The fourth-order valence-electron chi connectivity index (χ4n) is 2.84. The summed E-state index contributed by atoms with van der Waals surface area (Å²) in [5, 5.41) is 4.17. The van der Waals surface area contributed by atoms with E-state index in [2.05, 4.69) is 72.1 Å². The minimum absolute atomic E-state index is 0.506. The lowest BCUT2D eigenvalue weighted by molar-refractivity contribution is 0.282. The molecule has 146 valence electrons. The molecule has 0 aliphatic rings. The molecular weight excluding hydrogens is 485 g/mol. The maximum atomic E-state index is 6.11. The Kier molecular flexibility index (Phi) is 7.08. The minimum atomic E-state index is 0.506. The molecule has 0 bridgehead atoms. The van der Waals surface area contributed by atoms with Gasteiger partial charge in [-0.3, -0.25) is 0 Å². The highest BCUT2D eigenvalue weighted by Crippen LogP contribution is 2.35. The first kappa shape index (κ1) is 20.8. The van der Waals surface area contributed by atoms with Crippen LogP contribution in [0.4, 0.5) is 5.69 Å². The number of aryl methyl sites for hydroxylation is 2. The van der Waals surface area contributed by atoms with Gasteiger partial charge >= 0.3 is 0 Å². The molecule has 0 unspecified atom stereocenters. The monoisotopic (exact) mass is 507 g/mol. The van der Waals surface area contributed by atoms with Gasteiger partial charge in [0.2, 0.25) is 0 Å². The molecule has 3 nitrogen and oxygen atoms in total. The number of anilines is 1. The predicted octanol–water partition coefficient (Wildman–Crippen LogP) is 6.76. The van der Waals surface area contributed by atoms with E-state index >= 15 is 0 Å². The highest BCUT2D eigenvalue weighted by Gasteiger charge is 2.12. The second-order valence-corrected chi connectivity index (χ2v) is 8.29. The normalized spacial score (nSPS) is 10.6. The molecule has 28 heavy (non-hydrogen) atoms. The zero-order chi connectivity index (χ0) is 20.1. The van der Waals surface area contributed by atoms with Crippen LogP contribution in [0.25, 0.3) is 0 Å². The zero-order valence-corrected chi connectivity index (χ0v) is 19.1. The van der Waals surface area contributed by atoms with Crippen molar-refractivity contribution in [3.63, 3.8) is 0 Å². The number of methoxy groups -OCH3 is 1. The smallest absolute Gasteiger partial charge is 0.174 e. The fourth-order valence-corrected chi connectivity index (χ4v) is 3.83. The number of ether oxygens (including phenoxy) is 2. The van der Waals surface area contributed by atoms with Crippen LogP contribution in [0.1, 0.15) is 22.3 Å². The quantitative estimate of drug-likeness (QED) is 0.358. The number of hydrogen-bond acceptors (Lipinski definition) is 3. The van der Waals surface area contributed by atoms with Crippen LogP contribution in [0.3, 0.4) is 0 Å². The number of nitrogens with one attached hydrogen (secondary N) is 1. The molecule has 0 saturated carbocycles. The number of halogens is 2. The van der Waals surface area contributed by atoms with Crippen LogP contribution in [0.5, 0.6) is 11.5 Å². The minimum Gasteiger partial charge on any atom is -0.493 e. The summed E-state index contributed by atoms with van der Waals surface area (Å²) in [6.07, 6.45) is 0. The Bertz CT molecular complexity index is 958. The molecule has 0 amide bonds. The van der Waals surface area contributed by atoms with Gasteiger partial charge in [-0.2, -0.15) is 0 Å². The Labute approximate surface area is 185 Å². The standard InChI is InChI=1S/C23H23ClINO2/c1-15-4-7-17(8-5-15)14-28-23-20(25)10-18(11-22(23)27-3)13-26-21-12-19(24)9-6-16(21)2/h4-12,26H,13-14H2,1-3H3. The first-order chi connectivity index (χ1) is 13.5. The molecule has 3 aromatic rings. The van der Waals surface area contributed by atoms with E-state index in [-0.39, 0.29) is 0 Å². The van der Waals surface area contributed by atoms with E-state index in [1.807, 2.05) is 24.3 Å². The van der Waals surface area contributed by atoms with Gasteiger partial charge in [-0.25, -0.2) is 0 Å². The van der Waals surface area contributed by atoms with E-state index in [0.717, 1.165) is 42.5 Å². The van der Waals surface area contributed by atoms with E-state index in [4.69, 9.17) is 21.1 Å². The molecule has 0 fully saturated rings. The van der Waals surface area contributed by atoms with Gasteiger partial charge in [0.05, 0.1) is 10.7 Å². The summed E-state index contributed by atoms with van der Waals surface area (Å²) >= 11 is 8.40. The zero-order valence-electron chi connectivity index (χ0n) is 16.2. The van der Waals surface area contributed by atoms with Crippen LogP contribution in [-0.2, 0) is 13.2 Å². The van der Waals surface area contributed by atoms with Gasteiger partial charge in [0.1, 0.15) is 6.61 Å².